The zero-order valence-electron chi connectivity index (χ0n) is 10.3. The van der Waals surface area contributed by atoms with Crippen molar-refractivity contribution in [2.24, 2.45) is 5.73 Å². The third-order valence-electron chi connectivity index (χ3n) is 3.22. The van der Waals surface area contributed by atoms with E-state index >= 15 is 0 Å². The van der Waals surface area contributed by atoms with Crippen molar-refractivity contribution in [3.63, 3.8) is 0 Å². The summed E-state index contributed by atoms with van der Waals surface area (Å²) in [6, 6.07) is 7.79. The lowest BCUT2D eigenvalue weighted by Gasteiger charge is -2.24. The summed E-state index contributed by atoms with van der Waals surface area (Å²) in [5, 5.41) is 2.94. The molecule has 0 aliphatic carbocycles. The number of nitrogens with two attached hydrogens (primary N) is 1. The van der Waals surface area contributed by atoms with E-state index in [1.165, 1.54) is 0 Å². The molecule has 1 heterocycles. The predicted octanol–water partition coefficient (Wildman–Crippen LogP) is 1.74. The highest BCUT2D eigenvalue weighted by molar-refractivity contribution is 9.10. The van der Waals surface area contributed by atoms with Gasteiger partial charge in [-0.25, -0.2) is 0 Å². The van der Waals surface area contributed by atoms with Gasteiger partial charge in [0.15, 0.2) is 0 Å². The SMILES string of the molecule is C[C@H](NC(=O)C1(N)CCOC1)c1ccc(Br)cc1. The van der Waals surface area contributed by atoms with Gasteiger partial charge in [0.05, 0.1) is 12.6 Å². The molecule has 1 aliphatic rings. The van der Waals surface area contributed by atoms with Gasteiger partial charge in [-0.3, -0.25) is 4.79 Å². The highest BCUT2D eigenvalue weighted by Gasteiger charge is 2.38. The molecule has 0 aromatic heterocycles. The molecule has 98 valence electrons. The van der Waals surface area contributed by atoms with Crippen LogP contribution in [0.3, 0.4) is 0 Å². The zero-order valence-corrected chi connectivity index (χ0v) is 11.9. The normalized spacial score (nSPS) is 24.8. The summed E-state index contributed by atoms with van der Waals surface area (Å²) in [6.07, 6.45) is 0.575. The van der Waals surface area contributed by atoms with Crippen LogP contribution in [-0.2, 0) is 9.53 Å². The van der Waals surface area contributed by atoms with E-state index in [0.717, 1.165) is 10.0 Å². The lowest BCUT2D eigenvalue weighted by molar-refractivity contribution is -0.127. The van der Waals surface area contributed by atoms with Gasteiger partial charge < -0.3 is 15.8 Å². The van der Waals surface area contributed by atoms with Crippen LogP contribution in [0.1, 0.15) is 24.9 Å². The quantitative estimate of drug-likeness (QED) is 0.893. The van der Waals surface area contributed by atoms with Gasteiger partial charge in [-0.05, 0) is 31.0 Å². The van der Waals surface area contributed by atoms with Gasteiger partial charge in [0.1, 0.15) is 5.54 Å². The van der Waals surface area contributed by atoms with Gasteiger partial charge >= 0.3 is 0 Å². The summed E-state index contributed by atoms with van der Waals surface area (Å²) >= 11 is 3.38. The molecule has 1 aliphatic heterocycles. The third kappa shape index (κ3) is 2.91. The Morgan fingerprint density at radius 3 is 2.72 bits per heavy atom. The van der Waals surface area contributed by atoms with Crippen LogP contribution in [0.2, 0.25) is 0 Å². The number of nitrogens with one attached hydrogen (secondary N) is 1. The van der Waals surface area contributed by atoms with Gasteiger partial charge in [-0.15, -0.1) is 0 Å². The summed E-state index contributed by atoms with van der Waals surface area (Å²) in [7, 11) is 0. The first-order valence-corrected chi connectivity index (χ1v) is 6.74. The maximum atomic E-state index is 12.1. The molecule has 18 heavy (non-hydrogen) atoms. The number of rotatable bonds is 3. The summed E-state index contributed by atoms with van der Waals surface area (Å²) in [5.74, 6) is -0.143. The Labute approximate surface area is 115 Å². The van der Waals surface area contributed by atoms with Crippen molar-refractivity contribution in [3.8, 4) is 0 Å². The summed E-state index contributed by atoms with van der Waals surface area (Å²) < 4.78 is 6.21. The lowest BCUT2D eigenvalue weighted by atomic mass is 9.98. The highest BCUT2D eigenvalue weighted by Crippen LogP contribution is 2.20. The molecular formula is C13H17BrN2O2. The minimum Gasteiger partial charge on any atom is -0.379 e. The highest BCUT2D eigenvalue weighted by atomic mass is 79.9. The topological polar surface area (TPSA) is 64.4 Å². The van der Waals surface area contributed by atoms with Crippen LogP contribution in [0.5, 0.6) is 0 Å². The molecule has 1 fully saturated rings. The smallest absolute Gasteiger partial charge is 0.243 e. The fourth-order valence-electron chi connectivity index (χ4n) is 1.93. The predicted molar refractivity (Wildman–Crippen MR) is 73.1 cm³/mol. The monoisotopic (exact) mass is 312 g/mol. The molecule has 2 atom stereocenters. The van der Waals surface area contributed by atoms with E-state index in [2.05, 4.69) is 21.2 Å². The minimum absolute atomic E-state index is 0.0633. The molecule has 3 N–H and O–H groups in total. The van der Waals surface area contributed by atoms with Crippen molar-refractivity contribution in [2.75, 3.05) is 13.2 Å². The molecule has 4 nitrogen and oxygen atoms in total. The van der Waals surface area contributed by atoms with E-state index in [4.69, 9.17) is 10.5 Å². The molecule has 2 rings (SSSR count). The van der Waals surface area contributed by atoms with E-state index in [1.807, 2.05) is 31.2 Å². The fraction of sp³-hybridized carbons (Fsp3) is 0.462. The molecule has 0 saturated carbocycles. The molecule has 0 bridgehead atoms. The Bertz CT molecular complexity index is 427. The van der Waals surface area contributed by atoms with Crippen LogP contribution in [0.15, 0.2) is 28.7 Å². The molecule has 5 heteroatoms. The van der Waals surface area contributed by atoms with E-state index < -0.39 is 5.54 Å². The number of amides is 1. The standard InChI is InChI=1S/C13H17BrN2O2/c1-9(10-2-4-11(14)5-3-10)16-12(17)13(15)6-7-18-8-13/h2-5,9H,6-8,15H2,1H3,(H,16,17)/t9-,13?/m0/s1. The number of hydrogen-bond donors (Lipinski definition) is 2. The van der Waals surface area contributed by atoms with E-state index in [9.17, 15) is 4.79 Å². The second-order valence-electron chi connectivity index (χ2n) is 4.71. The lowest BCUT2D eigenvalue weighted by Crippen LogP contribution is -2.54. The Balaban J connectivity index is 2.00. The molecule has 1 unspecified atom stereocenters. The van der Waals surface area contributed by atoms with Gasteiger partial charge in [-0.2, -0.15) is 0 Å². The first-order chi connectivity index (χ1) is 8.51. The number of hydrogen-bond acceptors (Lipinski definition) is 3. The maximum absolute atomic E-state index is 12.1. The molecule has 1 aromatic rings. The first kappa shape index (κ1) is 13.5. The number of carbonyl (C=O) groups is 1. The van der Waals surface area contributed by atoms with E-state index in [1.54, 1.807) is 0 Å². The van der Waals surface area contributed by atoms with Crippen molar-refractivity contribution in [2.45, 2.75) is 24.9 Å². The average Bonchev–Trinajstić information content (AvgIpc) is 2.78. The average molecular weight is 313 g/mol. The van der Waals surface area contributed by atoms with Crippen molar-refractivity contribution in [1.29, 1.82) is 0 Å². The Morgan fingerprint density at radius 1 is 1.50 bits per heavy atom. The van der Waals surface area contributed by atoms with Crippen LogP contribution in [0.4, 0.5) is 0 Å². The van der Waals surface area contributed by atoms with Crippen LogP contribution in [-0.4, -0.2) is 24.7 Å². The Kier molecular flexibility index (Phi) is 4.04. The van der Waals surface area contributed by atoms with Gasteiger partial charge in [-0.1, -0.05) is 28.1 Å². The van der Waals surface area contributed by atoms with Gasteiger partial charge in [0.25, 0.3) is 0 Å². The summed E-state index contributed by atoms with van der Waals surface area (Å²) in [6.45, 7) is 2.79. The first-order valence-electron chi connectivity index (χ1n) is 5.94. The van der Waals surface area contributed by atoms with Crippen molar-refractivity contribution >= 4 is 21.8 Å². The van der Waals surface area contributed by atoms with Crippen LogP contribution in [0, 0.1) is 0 Å². The van der Waals surface area contributed by atoms with Crippen LogP contribution < -0.4 is 11.1 Å². The number of ether oxygens (including phenoxy) is 1. The fourth-order valence-corrected chi connectivity index (χ4v) is 2.20. The molecule has 1 amide bonds. The van der Waals surface area contributed by atoms with E-state index in [0.29, 0.717) is 19.6 Å². The Morgan fingerprint density at radius 2 is 2.17 bits per heavy atom. The van der Waals surface area contributed by atoms with Crippen LogP contribution in [0.25, 0.3) is 0 Å². The number of halogens is 1. The molecule has 1 aromatic carbocycles. The minimum atomic E-state index is -0.871. The van der Waals surface area contributed by atoms with Gasteiger partial charge in [0.2, 0.25) is 5.91 Å². The second-order valence-corrected chi connectivity index (χ2v) is 5.62. The second kappa shape index (κ2) is 5.38. The zero-order chi connectivity index (χ0) is 13.2. The van der Waals surface area contributed by atoms with Gasteiger partial charge in [0, 0.05) is 11.1 Å². The number of benzene rings is 1. The molecule has 1 saturated heterocycles. The molecular weight excluding hydrogens is 296 g/mol. The summed E-state index contributed by atoms with van der Waals surface area (Å²) in [5.41, 5.74) is 6.19. The number of carbonyl (C=O) groups excluding carboxylic acids is 1. The largest absolute Gasteiger partial charge is 0.379 e. The van der Waals surface area contributed by atoms with Crippen molar-refractivity contribution in [1.82, 2.24) is 5.32 Å². The maximum Gasteiger partial charge on any atom is 0.243 e. The molecule has 0 radical (unpaired) electrons. The van der Waals surface area contributed by atoms with Crippen molar-refractivity contribution in [3.05, 3.63) is 34.3 Å². The van der Waals surface area contributed by atoms with Crippen molar-refractivity contribution < 1.29 is 9.53 Å². The third-order valence-corrected chi connectivity index (χ3v) is 3.75. The summed E-state index contributed by atoms with van der Waals surface area (Å²) in [4.78, 5) is 12.1. The van der Waals surface area contributed by atoms with E-state index in [-0.39, 0.29) is 11.9 Å². The van der Waals surface area contributed by atoms with Crippen LogP contribution >= 0.6 is 15.9 Å². The Hall–Kier alpha value is -0.910. The molecule has 0 spiro atoms.